The maximum atomic E-state index is 12.7. The first-order chi connectivity index (χ1) is 14.0. The van der Waals surface area contributed by atoms with Crippen molar-refractivity contribution in [2.45, 2.75) is 19.5 Å². The number of carbonyl (C=O) groups is 1. The SMILES string of the molecule is CC(NC(=O)c1ccc(Br)cc1)c1nc2ccccc2n1Cc1cccc(Br)c1. The van der Waals surface area contributed by atoms with Crippen molar-refractivity contribution in [1.82, 2.24) is 14.9 Å². The van der Waals surface area contributed by atoms with Crippen molar-refractivity contribution in [2.75, 3.05) is 0 Å². The van der Waals surface area contributed by atoms with E-state index < -0.39 is 0 Å². The quantitative estimate of drug-likeness (QED) is 0.351. The smallest absolute Gasteiger partial charge is 0.251 e. The number of nitrogens with one attached hydrogen (secondary N) is 1. The van der Waals surface area contributed by atoms with Crippen LogP contribution in [0.3, 0.4) is 0 Å². The van der Waals surface area contributed by atoms with Crippen LogP contribution in [0.5, 0.6) is 0 Å². The Hall–Kier alpha value is -2.44. The molecule has 146 valence electrons. The van der Waals surface area contributed by atoms with Gasteiger partial charge < -0.3 is 9.88 Å². The number of amides is 1. The Bertz CT molecular complexity index is 1170. The summed E-state index contributed by atoms with van der Waals surface area (Å²) in [5.74, 6) is 0.711. The number of fused-ring (bicyclic) bond motifs is 1. The lowest BCUT2D eigenvalue weighted by Crippen LogP contribution is -2.28. The average Bonchev–Trinajstić information content (AvgIpc) is 3.07. The molecular formula is C23H19Br2N3O. The summed E-state index contributed by atoms with van der Waals surface area (Å²) in [5, 5.41) is 3.08. The van der Waals surface area contributed by atoms with Gasteiger partial charge in [-0.25, -0.2) is 4.98 Å². The molecule has 0 radical (unpaired) electrons. The second kappa shape index (κ2) is 8.51. The van der Waals surface area contributed by atoms with Crippen molar-refractivity contribution in [1.29, 1.82) is 0 Å². The molecular weight excluding hydrogens is 494 g/mol. The summed E-state index contributed by atoms with van der Waals surface area (Å²) in [5.41, 5.74) is 3.75. The number of hydrogen-bond acceptors (Lipinski definition) is 2. The number of halogens is 2. The normalized spacial score (nSPS) is 12.1. The van der Waals surface area contributed by atoms with Crippen molar-refractivity contribution in [3.63, 3.8) is 0 Å². The van der Waals surface area contributed by atoms with Gasteiger partial charge in [0, 0.05) is 21.1 Å². The van der Waals surface area contributed by atoms with Gasteiger partial charge in [-0.1, -0.05) is 56.1 Å². The lowest BCUT2D eigenvalue weighted by Gasteiger charge is -2.17. The summed E-state index contributed by atoms with van der Waals surface area (Å²) in [6, 6.07) is 23.4. The van der Waals surface area contributed by atoms with Crippen LogP contribution in [-0.4, -0.2) is 15.5 Å². The highest BCUT2D eigenvalue weighted by Crippen LogP contribution is 2.23. The predicted molar refractivity (Wildman–Crippen MR) is 123 cm³/mol. The molecule has 1 aromatic heterocycles. The Morgan fingerprint density at radius 1 is 1.00 bits per heavy atom. The fourth-order valence-electron chi connectivity index (χ4n) is 3.35. The summed E-state index contributed by atoms with van der Waals surface area (Å²) < 4.78 is 4.15. The first-order valence-electron chi connectivity index (χ1n) is 9.27. The molecule has 0 bridgehead atoms. The van der Waals surface area contributed by atoms with E-state index >= 15 is 0 Å². The van der Waals surface area contributed by atoms with Gasteiger partial charge in [0.1, 0.15) is 5.82 Å². The Morgan fingerprint density at radius 2 is 1.76 bits per heavy atom. The topological polar surface area (TPSA) is 46.9 Å². The third-order valence-electron chi connectivity index (χ3n) is 4.76. The molecule has 3 aromatic carbocycles. The lowest BCUT2D eigenvalue weighted by molar-refractivity contribution is 0.0937. The summed E-state index contributed by atoms with van der Waals surface area (Å²) in [6.07, 6.45) is 0. The monoisotopic (exact) mass is 511 g/mol. The number of nitrogens with zero attached hydrogens (tertiary/aromatic N) is 2. The molecule has 1 amide bonds. The number of benzene rings is 3. The Balaban J connectivity index is 1.67. The van der Waals surface area contributed by atoms with Crippen molar-refractivity contribution < 1.29 is 4.79 Å². The van der Waals surface area contributed by atoms with Gasteiger partial charge in [-0.05, 0) is 61.0 Å². The second-order valence-corrected chi connectivity index (χ2v) is 8.71. The van der Waals surface area contributed by atoms with Gasteiger partial charge in [0.25, 0.3) is 5.91 Å². The predicted octanol–water partition coefficient (Wildman–Crippen LogP) is 6.10. The summed E-state index contributed by atoms with van der Waals surface area (Å²) in [7, 11) is 0. The van der Waals surface area contributed by atoms with Crippen molar-refractivity contribution in [3.05, 3.63) is 98.7 Å². The molecule has 0 saturated heterocycles. The third-order valence-corrected chi connectivity index (χ3v) is 5.78. The second-order valence-electron chi connectivity index (χ2n) is 6.88. The van der Waals surface area contributed by atoms with E-state index in [-0.39, 0.29) is 11.9 Å². The Kier molecular flexibility index (Phi) is 5.83. The van der Waals surface area contributed by atoms with E-state index in [9.17, 15) is 4.79 Å². The van der Waals surface area contributed by atoms with Crippen molar-refractivity contribution in [3.8, 4) is 0 Å². The van der Waals surface area contributed by atoms with E-state index in [0.717, 1.165) is 31.4 Å². The van der Waals surface area contributed by atoms with Gasteiger partial charge in [-0.3, -0.25) is 4.79 Å². The van der Waals surface area contributed by atoms with Crippen LogP contribution in [0, 0.1) is 0 Å². The number of imidazole rings is 1. The lowest BCUT2D eigenvalue weighted by atomic mass is 10.2. The van der Waals surface area contributed by atoms with Crippen LogP contribution in [0.25, 0.3) is 11.0 Å². The molecule has 0 aliphatic carbocycles. The highest BCUT2D eigenvalue weighted by atomic mass is 79.9. The van der Waals surface area contributed by atoms with Crippen molar-refractivity contribution in [2.24, 2.45) is 0 Å². The molecule has 0 fully saturated rings. The van der Waals surface area contributed by atoms with E-state index in [4.69, 9.17) is 4.98 Å². The Morgan fingerprint density at radius 3 is 2.52 bits per heavy atom. The van der Waals surface area contributed by atoms with Gasteiger partial charge in [0.2, 0.25) is 0 Å². The molecule has 4 rings (SSSR count). The minimum atomic E-state index is -0.245. The summed E-state index contributed by atoms with van der Waals surface area (Å²) in [6.45, 7) is 2.64. The molecule has 1 atom stereocenters. The number of aromatic nitrogens is 2. The number of carbonyl (C=O) groups excluding carboxylic acids is 1. The molecule has 29 heavy (non-hydrogen) atoms. The standard InChI is InChI=1S/C23H19Br2N3O/c1-15(26-23(29)17-9-11-18(24)12-10-17)22-27-20-7-2-3-8-21(20)28(22)14-16-5-4-6-19(25)13-16/h2-13,15H,14H2,1H3,(H,26,29). The van der Waals surface area contributed by atoms with Gasteiger partial charge in [0.05, 0.1) is 17.1 Å². The fraction of sp³-hybridized carbons (Fsp3) is 0.130. The summed E-state index contributed by atoms with van der Waals surface area (Å²) in [4.78, 5) is 17.5. The molecule has 0 spiro atoms. The molecule has 0 aliphatic heterocycles. The third kappa shape index (κ3) is 4.43. The van der Waals surface area contributed by atoms with E-state index in [1.807, 2.05) is 49.4 Å². The van der Waals surface area contributed by atoms with Gasteiger partial charge in [0.15, 0.2) is 0 Å². The van der Waals surface area contributed by atoms with E-state index in [2.05, 4.69) is 59.9 Å². The van der Waals surface area contributed by atoms with Crippen LogP contribution in [-0.2, 0) is 6.54 Å². The van der Waals surface area contributed by atoms with E-state index in [1.54, 1.807) is 12.1 Å². The van der Waals surface area contributed by atoms with Crippen LogP contribution in [0.2, 0.25) is 0 Å². The zero-order chi connectivity index (χ0) is 20.4. The van der Waals surface area contributed by atoms with Crippen LogP contribution in [0.15, 0.2) is 81.7 Å². The minimum Gasteiger partial charge on any atom is -0.342 e. The number of hydrogen-bond donors (Lipinski definition) is 1. The largest absolute Gasteiger partial charge is 0.342 e. The van der Waals surface area contributed by atoms with Crippen LogP contribution < -0.4 is 5.32 Å². The first kappa shape index (κ1) is 19.9. The zero-order valence-electron chi connectivity index (χ0n) is 15.8. The molecule has 1 heterocycles. The average molecular weight is 513 g/mol. The van der Waals surface area contributed by atoms with Crippen LogP contribution in [0.1, 0.15) is 34.7 Å². The maximum Gasteiger partial charge on any atom is 0.251 e. The zero-order valence-corrected chi connectivity index (χ0v) is 18.9. The molecule has 4 nitrogen and oxygen atoms in total. The minimum absolute atomic E-state index is 0.119. The van der Waals surface area contributed by atoms with E-state index in [0.29, 0.717) is 12.1 Å². The molecule has 0 saturated carbocycles. The molecule has 1 unspecified atom stereocenters. The van der Waals surface area contributed by atoms with Crippen molar-refractivity contribution >= 4 is 48.8 Å². The summed E-state index contributed by atoms with van der Waals surface area (Å²) >= 11 is 6.94. The van der Waals surface area contributed by atoms with Gasteiger partial charge in [-0.15, -0.1) is 0 Å². The van der Waals surface area contributed by atoms with Crippen LogP contribution >= 0.6 is 31.9 Å². The molecule has 4 aromatic rings. The first-order valence-corrected chi connectivity index (χ1v) is 10.9. The Labute approximate surface area is 186 Å². The maximum absolute atomic E-state index is 12.7. The van der Waals surface area contributed by atoms with Gasteiger partial charge in [-0.2, -0.15) is 0 Å². The fourth-order valence-corrected chi connectivity index (χ4v) is 4.07. The number of para-hydroxylation sites is 2. The van der Waals surface area contributed by atoms with Gasteiger partial charge >= 0.3 is 0 Å². The molecule has 1 N–H and O–H groups in total. The van der Waals surface area contributed by atoms with Crippen LogP contribution in [0.4, 0.5) is 0 Å². The highest BCUT2D eigenvalue weighted by Gasteiger charge is 2.19. The van der Waals surface area contributed by atoms with E-state index in [1.165, 1.54) is 0 Å². The number of rotatable bonds is 5. The highest BCUT2D eigenvalue weighted by molar-refractivity contribution is 9.10. The molecule has 0 aliphatic rings. The molecule has 6 heteroatoms.